The van der Waals surface area contributed by atoms with Crippen LogP contribution in [0.3, 0.4) is 0 Å². The lowest BCUT2D eigenvalue weighted by molar-refractivity contribution is -0.486. The molecule has 1 aliphatic heterocycles. The van der Waals surface area contributed by atoms with Crippen LogP contribution >= 0.6 is 0 Å². The minimum atomic E-state index is -5.93. The molecular formula is C9H13F7O2. The molecule has 1 saturated heterocycles. The second-order valence-corrected chi connectivity index (χ2v) is 3.51. The first kappa shape index (κ1) is 17.4. The van der Waals surface area contributed by atoms with Crippen LogP contribution in [0.4, 0.5) is 30.7 Å². The van der Waals surface area contributed by atoms with Crippen molar-refractivity contribution in [2.75, 3.05) is 6.61 Å². The van der Waals surface area contributed by atoms with Crippen LogP contribution < -0.4 is 0 Å². The molecule has 0 aliphatic carbocycles. The largest absolute Gasteiger partial charge is 0.454 e. The molecule has 0 bridgehead atoms. The molecule has 1 fully saturated rings. The quantitative estimate of drug-likeness (QED) is 0.679. The van der Waals surface area contributed by atoms with Crippen LogP contribution in [0.1, 0.15) is 26.7 Å². The third-order valence-corrected chi connectivity index (χ3v) is 1.87. The van der Waals surface area contributed by atoms with Gasteiger partial charge in [0.05, 0.1) is 0 Å². The Morgan fingerprint density at radius 3 is 1.83 bits per heavy atom. The van der Waals surface area contributed by atoms with E-state index in [4.69, 9.17) is 0 Å². The molecule has 1 heterocycles. The topological polar surface area (TPSA) is 18.5 Å². The van der Waals surface area contributed by atoms with Crippen molar-refractivity contribution in [3.63, 3.8) is 0 Å². The Labute approximate surface area is 99.0 Å². The van der Waals surface area contributed by atoms with Gasteiger partial charge in [0.15, 0.2) is 0 Å². The van der Waals surface area contributed by atoms with Gasteiger partial charge < -0.3 is 4.74 Å². The molecule has 2 unspecified atom stereocenters. The van der Waals surface area contributed by atoms with Gasteiger partial charge in [-0.2, -0.15) is 26.3 Å². The molecule has 0 aromatic carbocycles. The minimum absolute atomic E-state index is 1.32. The van der Waals surface area contributed by atoms with Crippen molar-refractivity contribution < 1.29 is 40.2 Å². The summed E-state index contributed by atoms with van der Waals surface area (Å²) in [6, 6.07) is 0. The smallest absolute Gasteiger partial charge is 0.334 e. The van der Waals surface area contributed by atoms with E-state index in [1.54, 1.807) is 0 Å². The predicted octanol–water partition coefficient (Wildman–Crippen LogP) is 3.96. The summed E-state index contributed by atoms with van der Waals surface area (Å²) in [7, 11) is 0. The van der Waals surface area contributed by atoms with E-state index in [0.29, 0.717) is 0 Å². The van der Waals surface area contributed by atoms with Gasteiger partial charge in [-0.15, -0.1) is 0 Å². The number of hydrogen-bond donors (Lipinski definition) is 0. The summed E-state index contributed by atoms with van der Waals surface area (Å²) in [4.78, 5) is 0. The molecule has 0 amide bonds. The highest BCUT2D eigenvalue weighted by molar-refractivity contribution is 4.85. The van der Waals surface area contributed by atoms with Gasteiger partial charge in [-0.25, -0.2) is 4.39 Å². The van der Waals surface area contributed by atoms with E-state index in [1.165, 1.54) is 12.8 Å². The van der Waals surface area contributed by atoms with Gasteiger partial charge in [-0.1, -0.05) is 26.7 Å². The molecule has 0 radical (unpaired) electrons. The molecule has 0 spiro atoms. The molecular weight excluding hydrogens is 273 g/mol. The first-order chi connectivity index (χ1) is 8.00. The number of alkyl halides is 7. The number of halogens is 7. The summed E-state index contributed by atoms with van der Waals surface area (Å²) in [5, 5.41) is 0. The standard InChI is InChI=1S/C5H3F7O2.C4H10/c6-2-4(9,5(10,11)12)14-3(7,8)1-13-2;1-3-4-2/h2H,1H2;3-4H2,1-2H3. The molecule has 1 rings (SSSR count). The maximum Gasteiger partial charge on any atom is 0.454 e. The van der Waals surface area contributed by atoms with Crippen molar-refractivity contribution >= 4 is 0 Å². The van der Waals surface area contributed by atoms with Crippen molar-refractivity contribution in [3.05, 3.63) is 0 Å². The molecule has 0 aromatic rings. The zero-order valence-corrected chi connectivity index (χ0v) is 9.66. The normalized spacial score (nSPS) is 31.5. The summed E-state index contributed by atoms with van der Waals surface area (Å²) < 4.78 is 90.5. The van der Waals surface area contributed by atoms with Crippen LogP contribution in [0.2, 0.25) is 0 Å². The van der Waals surface area contributed by atoms with Gasteiger partial charge in [0.25, 0.3) is 6.36 Å². The molecule has 110 valence electrons. The number of ether oxygens (including phenoxy) is 2. The van der Waals surface area contributed by atoms with Gasteiger partial charge in [-0.3, -0.25) is 4.74 Å². The Balaban J connectivity index is 0.000000631. The monoisotopic (exact) mass is 286 g/mol. The molecule has 0 saturated carbocycles. The summed E-state index contributed by atoms with van der Waals surface area (Å²) >= 11 is 0. The summed E-state index contributed by atoms with van der Waals surface area (Å²) in [6.45, 7) is 2.59. The van der Waals surface area contributed by atoms with E-state index in [2.05, 4.69) is 23.3 Å². The predicted molar refractivity (Wildman–Crippen MR) is 47.4 cm³/mol. The molecule has 1 aliphatic rings. The summed E-state index contributed by atoms with van der Waals surface area (Å²) in [5.41, 5.74) is 0. The lowest BCUT2D eigenvalue weighted by Crippen LogP contribution is -2.60. The van der Waals surface area contributed by atoms with Crippen molar-refractivity contribution in [1.82, 2.24) is 0 Å². The Kier molecular flexibility index (Phi) is 5.86. The molecule has 18 heavy (non-hydrogen) atoms. The van der Waals surface area contributed by atoms with Gasteiger partial charge in [-0.05, 0) is 0 Å². The second kappa shape index (κ2) is 6.05. The summed E-state index contributed by atoms with van der Waals surface area (Å²) in [6.07, 6.45) is -11.4. The molecule has 2 atom stereocenters. The molecule has 0 aromatic heterocycles. The number of hydrogen-bond acceptors (Lipinski definition) is 2. The molecule has 0 N–H and O–H groups in total. The highest BCUT2D eigenvalue weighted by atomic mass is 19.4. The van der Waals surface area contributed by atoms with E-state index < -0.39 is 31.1 Å². The van der Waals surface area contributed by atoms with E-state index in [1.807, 2.05) is 0 Å². The third kappa shape index (κ3) is 4.27. The van der Waals surface area contributed by atoms with Crippen molar-refractivity contribution in [2.24, 2.45) is 0 Å². The zero-order valence-electron chi connectivity index (χ0n) is 9.66. The van der Waals surface area contributed by atoms with E-state index >= 15 is 0 Å². The molecule has 2 nitrogen and oxygen atoms in total. The van der Waals surface area contributed by atoms with E-state index in [-0.39, 0.29) is 0 Å². The van der Waals surface area contributed by atoms with Gasteiger partial charge >= 0.3 is 18.1 Å². The average Bonchev–Trinajstić information content (AvgIpc) is 2.22. The van der Waals surface area contributed by atoms with Gasteiger partial charge in [0, 0.05) is 0 Å². The van der Waals surface area contributed by atoms with Crippen LogP contribution in [0.5, 0.6) is 0 Å². The SMILES string of the molecule is CCCC.FC1OCC(F)(F)OC1(F)C(F)(F)F. The zero-order chi connectivity index (χ0) is 14.6. The highest BCUT2D eigenvalue weighted by Crippen LogP contribution is 2.45. The first-order valence-electron chi connectivity index (χ1n) is 5.09. The number of rotatable bonds is 1. The van der Waals surface area contributed by atoms with E-state index in [0.717, 1.165) is 0 Å². The van der Waals surface area contributed by atoms with Crippen LogP contribution in [0, 0.1) is 0 Å². The Bertz CT molecular complexity index is 254. The fraction of sp³-hybridized carbons (Fsp3) is 1.00. The van der Waals surface area contributed by atoms with Gasteiger partial charge in [0.2, 0.25) is 0 Å². The fourth-order valence-corrected chi connectivity index (χ4v) is 0.757. The second-order valence-electron chi connectivity index (χ2n) is 3.51. The first-order valence-corrected chi connectivity index (χ1v) is 5.09. The van der Waals surface area contributed by atoms with Crippen LogP contribution in [-0.2, 0) is 9.47 Å². The maximum absolute atomic E-state index is 12.6. The van der Waals surface area contributed by atoms with Crippen molar-refractivity contribution in [3.8, 4) is 0 Å². The molecule has 9 heteroatoms. The van der Waals surface area contributed by atoms with Gasteiger partial charge in [0.1, 0.15) is 6.61 Å². The van der Waals surface area contributed by atoms with Crippen molar-refractivity contribution in [2.45, 2.75) is 51.2 Å². The fourth-order valence-electron chi connectivity index (χ4n) is 0.757. The van der Waals surface area contributed by atoms with E-state index in [9.17, 15) is 30.7 Å². The Morgan fingerprint density at radius 1 is 1.11 bits per heavy atom. The third-order valence-electron chi connectivity index (χ3n) is 1.87. The minimum Gasteiger partial charge on any atom is -0.334 e. The summed E-state index contributed by atoms with van der Waals surface area (Å²) in [5.74, 6) is -5.13. The Morgan fingerprint density at radius 2 is 1.56 bits per heavy atom. The lowest BCUT2D eigenvalue weighted by atomic mass is 10.2. The van der Waals surface area contributed by atoms with Crippen LogP contribution in [-0.4, -0.2) is 31.1 Å². The maximum atomic E-state index is 12.6. The number of unbranched alkanes of at least 4 members (excludes halogenated alkanes) is 1. The average molecular weight is 286 g/mol. The lowest BCUT2D eigenvalue weighted by Gasteiger charge is -2.37. The van der Waals surface area contributed by atoms with Crippen molar-refractivity contribution in [1.29, 1.82) is 0 Å². The van der Waals surface area contributed by atoms with Crippen LogP contribution in [0.25, 0.3) is 0 Å². The highest BCUT2D eigenvalue weighted by Gasteiger charge is 2.70. The van der Waals surface area contributed by atoms with Crippen LogP contribution in [0.15, 0.2) is 0 Å². The Hall–Kier alpha value is -0.570.